The number of amides is 1. The lowest BCUT2D eigenvalue weighted by Crippen LogP contribution is -2.17. The van der Waals surface area contributed by atoms with Crippen LogP contribution in [0.25, 0.3) is 0 Å². The van der Waals surface area contributed by atoms with Crippen LogP contribution in [-0.4, -0.2) is 60.0 Å². The lowest BCUT2D eigenvalue weighted by Gasteiger charge is -2.09. The molecule has 1 N–H and O–H groups in total. The van der Waals surface area contributed by atoms with E-state index in [1.807, 2.05) is 13.8 Å². The SMILES string of the molecule is CCOC(=O)c1sc(NC(=O)CSc2nnc(CS(=O)(=O)c3ccc(C)cc3)n2CC)c(C(=O)OCC)c1C. The Balaban J connectivity index is 1.75. The van der Waals surface area contributed by atoms with Gasteiger partial charge in [-0.3, -0.25) is 4.79 Å². The number of hydrogen-bond acceptors (Lipinski definition) is 11. The molecule has 0 spiro atoms. The fourth-order valence-corrected chi connectivity index (χ4v) is 6.78. The van der Waals surface area contributed by atoms with Gasteiger partial charge in [-0.15, -0.1) is 21.5 Å². The van der Waals surface area contributed by atoms with Crippen LogP contribution in [0.1, 0.15) is 57.8 Å². The fraction of sp³-hybridized carbons (Fsp3) is 0.400. The molecule has 1 aromatic carbocycles. The lowest BCUT2D eigenvalue weighted by molar-refractivity contribution is -0.113. The monoisotopic (exact) mass is 594 g/mol. The van der Waals surface area contributed by atoms with E-state index in [2.05, 4.69) is 15.5 Å². The van der Waals surface area contributed by atoms with Gasteiger partial charge in [0.25, 0.3) is 0 Å². The molecular formula is C25H30N4O7S3. The molecule has 0 saturated carbocycles. The summed E-state index contributed by atoms with van der Waals surface area (Å²) in [6.07, 6.45) is 0. The van der Waals surface area contributed by atoms with Gasteiger partial charge in [0.2, 0.25) is 5.91 Å². The number of nitrogens with one attached hydrogen (secondary N) is 1. The van der Waals surface area contributed by atoms with Crippen molar-refractivity contribution in [2.24, 2.45) is 0 Å². The van der Waals surface area contributed by atoms with Crippen LogP contribution < -0.4 is 5.32 Å². The van der Waals surface area contributed by atoms with Gasteiger partial charge in [-0.2, -0.15) is 0 Å². The van der Waals surface area contributed by atoms with Gasteiger partial charge in [-0.25, -0.2) is 18.0 Å². The summed E-state index contributed by atoms with van der Waals surface area (Å²) in [5.74, 6) is -1.88. The van der Waals surface area contributed by atoms with Crippen molar-refractivity contribution in [3.63, 3.8) is 0 Å². The molecule has 0 aliphatic carbocycles. The number of sulfone groups is 1. The number of aromatic nitrogens is 3. The molecule has 3 aromatic rings. The van der Waals surface area contributed by atoms with Gasteiger partial charge in [0, 0.05) is 6.54 Å². The first-order valence-corrected chi connectivity index (χ1v) is 15.6. The molecule has 11 nitrogen and oxygen atoms in total. The summed E-state index contributed by atoms with van der Waals surface area (Å²) in [5.41, 5.74) is 1.42. The standard InChI is InChI=1S/C25H30N4O7S3/c1-6-29-18(14-39(33,34)17-11-9-15(4)10-12-17)27-28-25(29)37-13-19(30)26-22-20(23(31)35-7-2)16(5)21(38-22)24(32)36-8-3/h9-12H,6-8,13-14H2,1-5H3,(H,26,30). The summed E-state index contributed by atoms with van der Waals surface area (Å²) in [7, 11) is -3.64. The number of hydrogen-bond donors (Lipinski definition) is 1. The highest BCUT2D eigenvalue weighted by atomic mass is 32.2. The Labute approximate surface area is 235 Å². The van der Waals surface area contributed by atoms with Crippen molar-refractivity contribution in [3.8, 4) is 0 Å². The Bertz CT molecular complexity index is 1460. The van der Waals surface area contributed by atoms with E-state index in [0.29, 0.717) is 17.3 Å². The first kappa shape index (κ1) is 30.3. The van der Waals surface area contributed by atoms with Crippen LogP contribution in [0.3, 0.4) is 0 Å². The largest absolute Gasteiger partial charge is 0.462 e. The first-order valence-electron chi connectivity index (χ1n) is 12.1. The number of aryl methyl sites for hydroxylation is 1. The fourth-order valence-electron chi connectivity index (χ4n) is 3.58. The lowest BCUT2D eigenvalue weighted by atomic mass is 10.1. The number of carbonyl (C=O) groups is 3. The van der Waals surface area contributed by atoms with Gasteiger partial charge < -0.3 is 19.4 Å². The van der Waals surface area contributed by atoms with Crippen molar-refractivity contribution >= 4 is 55.8 Å². The molecule has 0 bridgehead atoms. The molecule has 0 saturated heterocycles. The molecule has 0 radical (unpaired) electrons. The van der Waals surface area contributed by atoms with E-state index in [1.54, 1.807) is 49.6 Å². The minimum Gasteiger partial charge on any atom is -0.462 e. The van der Waals surface area contributed by atoms with E-state index >= 15 is 0 Å². The smallest absolute Gasteiger partial charge is 0.348 e. The molecule has 3 rings (SSSR count). The van der Waals surface area contributed by atoms with Gasteiger partial charge in [0.05, 0.1) is 29.4 Å². The zero-order valence-corrected chi connectivity index (χ0v) is 24.7. The Hall–Kier alpha value is -3.23. The highest BCUT2D eigenvalue weighted by Crippen LogP contribution is 2.34. The number of ether oxygens (including phenoxy) is 2. The highest BCUT2D eigenvalue weighted by molar-refractivity contribution is 7.99. The summed E-state index contributed by atoms with van der Waals surface area (Å²) in [4.78, 5) is 38.1. The maximum atomic E-state index is 12.9. The third-order valence-electron chi connectivity index (χ3n) is 5.48. The van der Waals surface area contributed by atoms with E-state index < -0.39 is 27.7 Å². The zero-order valence-electron chi connectivity index (χ0n) is 22.3. The minimum absolute atomic E-state index is 0.100. The second-order valence-corrected chi connectivity index (χ2v) is 12.2. The van der Waals surface area contributed by atoms with E-state index in [-0.39, 0.29) is 50.9 Å². The number of benzene rings is 1. The van der Waals surface area contributed by atoms with Crippen molar-refractivity contribution in [2.75, 3.05) is 24.3 Å². The molecule has 210 valence electrons. The summed E-state index contributed by atoms with van der Waals surface area (Å²) >= 11 is 2.01. The molecule has 14 heteroatoms. The summed E-state index contributed by atoms with van der Waals surface area (Å²) < 4.78 is 37.6. The average Bonchev–Trinajstić information content (AvgIpc) is 3.42. The van der Waals surface area contributed by atoms with Crippen LogP contribution >= 0.6 is 23.1 Å². The predicted octanol–water partition coefficient (Wildman–Crippen LogP) is 4.03. The Morgan fingerprint density at radius 2 is 1.64 bits per heavy atom. The van der Waals surface area contributed by atoms with Gasteiger partial charge in [0.15, 0.2) is 15.0 Å². The number of thiophene rings is 1. The molecule has 1 amide bonds. The topological polar surface area (TPSA) is 147 Å². The normalized spacial score (nSPS) is 11.3. The zero-order chi connectivity index (χ0) is 28.7. The van der Waals surface area contributed by atoms with Crippen molar-refractivity contribution in [3.05, 3.63) is 51.7 Å². The van der Waals surface area contributed by atoms with Crippen LogP contribution in [0, 0.1) is 13.8 Å². The maximum Gasteiger partial charge on any atom is 0.348 e. The molecule has 39 heavy (non-hydrogen) atoms. The van der Waals surface area contributed by atoms with Crippen molar-refractivity contribution < 1.29 is 32.3 Å². The Kier molecular flexibility index (Phi) is 10.3. The Morgan fingerprint density at radius 3 is 2.26 bits per heavy atom. The molecule has 0 aliphatic heterocycles. The number of nitrogens with zero attached hydrogens (tertiary/aromatic N) is 3. The number of esters is 2. The number of anilines is 1. The first-order chi connectivity index (χ1) is 18.5. The number of thioether (sulfide) groups is 1. The third kappa shape index (κ3) is 7.25. The summed E-state index contributed by atoms with van der Waals surface area (Å²) in [6, 6.07) is 6.58. The molecule has 2 aromatic heterocycles. The molecular weight excluding hydrogens is 564 g/mol. The van der Waals surface area contributed by atoms with E-state index in [9.17, 15) is 22.8 Å². The summed E-state index contributed by atoms with van der Waals surface area (Å²) in [5, 5.41) is 11.4. The van der Waals surface area contributed by atoms with Crippen LogP contribution in [0.5, 0.6) is 0 Å². The van der Waals surface area contributed by atoms with Gasteiger partial charge in [-0.1, -0.05) is 29.5 Å². The second-order valence-electron chi connectivity index (χ2n) is 8.25. The number of carbonyl (C=O) groups excluding carboxylic acids is 3. The average molecular weight is 595 g/mol. The minimum atomic E-state index is -3.64. The van der Waals surface area contributed by atoms with E-state index in [0.717, 1.165) is 28.7 Å². The quantitative estimate of drug-likeness (QED) is 0.241. The van der Waals surface area contributed by atoms with E-state index in [1.165, 1.54) is 0 Å². The van der Waals surface area contributed by atoms with Crippen LogP contribution in [-0.2, 0) is 36.4 Å². The second kappa shape index (κ2) is 13.2. The van der Waals surface area contributed by atoms with Gasteiger partial charge >= 0.3 is 11.9 Å². The third-order valence-corrected chi connectivity index (χ3v) is 9.26. The molecule has 2 heterocycles. The molecule has 0 aliphatic rings. The number of rotatable bonds is 12. The molecule has 0 atom stereocenters. The van der Waals surface area contributed by atoms with Crippen molar-refractivity contribution in [1.29, 1.82) is 0 Å². The van der Waals surface area contributed by atoms with E-state index in [4.69, 9.17) is 9.47 Å². The molecule has 0 fully saturated rings. The van der Waals surface area contributed by atoms with Crippen LogP contribution in [0.15, 0.2) is 34.3 Å². The highest BCUT2D eigenvalue weighted by Gasteiger charge is 2.28. The van der Waals surface area contributed by atoms with Gasteiger partial charge in [-0.05, 0) is 52.3 Å². The van der Waals surface area contributed by atoms with Crippen LogP contribution in [0.4, 0.5) is 5.00 Å². The predicted molar refractivity (Wildman–Crippen MR) is 148 cm³/mol. The van der Waals surface area contributed by atoms with Gasteiger partial charge in [0.1, 0.15) is 21.5 Å². The maximum absolute atomic E-state index is 12.9. The van der Waals surface area contributed by atoms with Crippen LogP contribution in [0.2, 0.25) is 0 Å². The van der Waals surface area contributed by atoms with Crippen molar-refractivity contribution in [1.82, 2.24) is 14.8 Å². The molecule has 0 unspecified atom stereocenters. The van der Waals surface area contributed by atoms with Crippen molar-refractivity contribution in [2.45, 2.75) is 57.0 Å². The summed E-state index contributed by atoms with van der Waals surface area (Å²) in [6.45, 7) is 9.31. The Morgan fingerprint density at radius 1 is 1.00 bits per heavy atom.